The van der Waals surface area contributed by atoms with Crippen LogP contribution in [0.4, 0.5) is 11.4 Å². The van der Waals surface area contributed by atoms with E-state index >= 15 is 0 Å². The first-order valence-corrected chi connectivity index (χ1v) is 16.5. The van der Waals surface area contributed by atoms with Crippen LogP contribution in [0.5, 0.6) is 5.75 Å². The zero-order valence-corrected chi connectivity index (χ0v) is 27.0. The number of hydrogen-bond donors (Lipinski definition) is 1. The molecular weight excluding hydrogens is 602 g/mol. The lowest BCUT2D eigenvalue weighted by atomic mass is 10.1. The highest BCUT2D eigenvalue weighted by Gasteiger charge is 2.50. The molecule has 4 atom stereocenters. The largest absolute Gasteiger partial charge is 0.491 e. The normalized spacial score (nSPS) is 24.0. The Morgan fingerprint density at radius 2 is 1.62 bits per heavy atom. The summed E-state index contributed by atoms with van der Waals surface area (Å²) in [4.78, 5) is 19.1. The fraction of sp³-hybridized carbons (Fsp3) is 0.515. The molecule has 0 aliphatic carbocycles. The van der Waals surface area contributed by atoms with Crippen molar-refractivity contribution >= 4 is 11.4 Å². The molecule has 0 bridgehead atoms. The summed E-state index contributed by atoms with van der Waals surface area (Å²) in [6.07, 6.45) is 5.22. The van der Waals surface area contributed by atoms with Gasteiger partial charge in [0.2, 0.25) is 5.79 Å². The number of hydrogen-bond acceptors (Lipinski definition) is 11. The molecule has 47 heavy (non-hydrogen) atoms. The summed E-state index contributed by atoms with van der Waals surface area (Å²) in [5, 5.41) is 16.2. The van der Waals surface area contributed by atoms with Gasteiger partial charge in [0, 0.05) is 50.6 Å². The van der Waals surface area contributed by atoms with Crippen molar-refractivity contribution in [2.24, 2.45) is 0 Å². The first-order chi connectivity index (χ1) is 23.0. The lowest BCUT2D eigenvalue weighted by molar-refractivity contribution is -0.255. The zero-order chi connectivity index (χ0) is 32.2. The maximum atomic E-state index is 12.8. The minimum Gasteiger partial charge on any atom is -0.491 e. The smallest absolute Gasteiger partial charge is 0.350 e. The van der Waals surface area contributed by atoms with Gasteiger partial charge in [-0.2, -0.15) is 20.1 Å². The number of morpholine rings is 1. The van der Waals surface area contributed by atoms with Gasteiger partial charge in [0.25, 0.3) is 0 Å². The van der Waals surface area contributed by atoms with Gasteiger partial charge in [0.15, 0.2) is 0 Å². The second-order valence-corrected chi connectivity index (χ2v) is 12.3. The lowest BCUT2D eigenvalue weighted by Gasteiger charge is -2.37. The van der Waals surface area contributed by atoms with E-state index in [1.54, 1.807) is 32.8 Å². The molecule has 2 aromatic heterocycles. The fourth-order valence-corrected chi connectivity index (χ4v) is 6.35. The Bertz CT molecular complexity index is 1630. The Kier molecular flexibility index (Phi) is 9.25. The molecule has 3 aliphatic rings. The molecular formula is C33H43N9O5. The molecule has 14 heteroatoms. The van der Waals surface area contributed by atoms with E-state index in [-0.39, 0.29) is 23.9 Å². The maximum absolute atomic E-state index is 12.8. The molecule has 7 rings (SSSR count). The van der Waals surface area contributed by atoms with Crippen LogP contribution in [-0.2, 0) is 20.8 Å². The van der Waals surface area contributed by atoms with Crippen LogP contribution in [0.2, 0.25) is 0 Å². The highest BCUT2D eigenvalue weighted by Crippen LogP contribution is 2.32. The third kappa shape index (κ3) is 6.77. The monoisotopic (exact) mass is 645 g/mol. The maximum Gasteiger partial charge on any atom is 0.350 e. The van der Waals surface area contributed by atoms with E-state index in [1.165, 1.54) is 0 Å². The molecule has 3 saturated heterocycles. The number of piperazine rings is 1. The predicted molar refractivity (Wildman–Crippen MR) is 175 cm³/mol. The van der Waals surface area contributed by atoms with Crippen molar-refractivity contribution in [2.75, 3.05) is 68.9 Å². The SMILES string of the molecule is CCC(C)n1ncn(-c2ccc(N3CCN(c4ccc(OCC5COC(Cn6nccn6)(C6CNCCO6)O5)cc4)CC3)cc2)c1=O. The van der Waals surface area contributed by atoms with E-state index in [2.05, 4.69) is 61.6 Å². The summed E-state index contributed by atoms with van der Waals surface area (Å²) in [5.41, 5.74) is 3.02. The second-order valence-electron chi connectivity index (χ2n) is 12.3. The van der Waals surface area contributed by atoms with Crippen molar-refractivity contribution in [3.05, 3.63) is 77.7 Å². The number of anilines is 2. The van der Waals surface area contributed by atoms with Crippen LogP contribution in [0.25, 0.3) is 5.69 Å². The third-order valence-electron chi connectivity index (χ3n) is 9.24. The highest BCUT2D eigenvalue weighted by molar-refractivity contribution is 5.54. The summed E-state index contributed by atoms with van der Waals surface area (Å²) in [6.45, 7) is 10.8. The number of nitrogens with one attached hydrogen (secondary N) is 1. The van der Waals surface area contributed by atoms with Gasteiger partial charge in [-0.25, -0.2) is 14.0 Å². The van der Waals surface area contributed by atoms with E-state index in [0.717, 1.165) is 62.0 Å². The van der Waals surface area contributed by atoms with Gasteiger partial charge in [-0.15, -0.1) is 0 Å². The molecule has 0 saturated carbocycles. The average Bonchev–Trinajstić information content (AvgIpc) is 3.89. The first kappa shape index (κ1) is 31.4. The van der Waals surface area contributed by atoms with Crippen LogP contribution in [0.3, 0.4) is 0 Å². The van der Waals surface area contributed by atoms with E-state index < -0.39 is 5.79 Å². The van der Waals surface area contributed by atoms with Gasteiger partial charge in [-0.3, -0.25) is 0 Å². The van der Waals surface area contributed by atoms with E-state index in [9.17, 15) is 4.79 Å². The molecule has 4 aromatic rings. The van der Waals surface area contributed by atoms with Crippen molar-refractivity contribution in [3.8, 4) is 11.4 Å². The van der Waals surface area contributed by atoms with Crippen LogP contribution in [-0.4, -0.2) is 106 Å². The van der Waals surface area contributed by atoms with Crippen LogP contribution in [0.1, 0.15) is 26.3 Å². The number of aromatic nitrogens is 6. The molecule has 0 amide bonds. The average molecular weight is 646 g/mol. The van der Waals surface area contributed by atoms with Crippen molar-refractivity contribution in [3.63, 3.8) is 0 Å². The number of nitrogens with zero attached hydrogens (tertiary/aromatic N) is 8. The Balaban J connectivity index is 0.902. The second kappa shape index (κ2) is 13.9. The lowest BCUT2D eigenvalue weighted by Crippen LogP contribution is -2.56. The Hall–Kier alpha value is -4.24. The van der Waals surface area contributed by atoms with Crippen molar-refractivity contribution in [1.82, 2.24) is 34.7 Å². The predicted octanol–water partition coefficient (Wildman–Crippen LogP) is 2.10. The standard InChI is InChI=1S/C33H43N9O5/c1-3-25(2)42-32(43)40(24-37-42)28-6-4-26(5-7-28)38-15-17-39(18-16-38)27-8-10-29(11-9-27)45-21-30-22-46-33(47-30,23-41-35-12-13-36-41)31-20-34-14-19-44-31/h4-13,24-25,30-31,34H,3,14-23H2,1-2H3. The first-order valence-electron chi connectivity index (χ1n) is 16.5. The number of ether oxygens (including phenoxy) is 4. The van der Waals surface area contributed by atoms with Crippen molar-refractivity contribution in [1.29, 1.82) is 0 Å². The Morgan fingerprint density at radius 3 is 2.26 bits per heavy atom. The van der Waals surface area contributed by atoms with Crippen LogP contribution >= 0.6 is 0 Å². The van der Waals surface area contributed by atoms with Gasteiger partial charge >= 0.3 is 5.69 Å². The molecule has 0 radical (unpaired) electrons. The molecule has 1 N–H and O–H groups in total. The fourth-order valence-electron chi connectivity index (χ4n) is 6.35. The summed E-state index contributed by atoms with van der Waals surface area (Å²) >= 11 is 0. The van der Waals surface area contributed by atoms with Crippen LogP contribution < -0.4 is 25.5 Å². The molecule has 5 heterocycles. The van der Waals surface area contributed by atoms with Gasteiger partial charge in [-0.1, -0.05) is 6.92 Å². The molecule has 0 spiro atoms. The van der Waals surface area contributed by atoms with Crippen LogP contribution in [0.15, 0.2) is 72.0 Å². The van der Waals surface area contributed by atoms with Gasteiger partial charge in [-0.05, 0) is 61.9 Å². The summed E-state index contributed by atoms with van der Waals surface area (Å²) in [6, 6.07) is 16.5. The van der Waals surface area contributed by atoms with Crippen molar-refractivity contribution in [2.45, 2.75) is 50.8 Å². The molecule has 3 fully saturated rings. The van der Waals surface area contributed by atoms with Gasteiger partial charge < -0.3 is 34.1 Å². The summed E-state index contributed by atoms with van der Waals surface area (Å²) in [5.74, 6) is -0.197. The third-order valence-corrected chi connectivity index (χ3v) is 9.24. The van der Waals surface area contributed by atoms with E-state index in [1.807, 2.05) is 31.2 Å². The summed E-state index contributed by atoms with van der Waals surface area (Å²) in [7, 11) is 0. The quantitative estimate of drug-likeness (QED) is 0.258. The van der Waals surface area contributed by atoms with E-state index in [4.69, 9.17) is 18.9 Å². The van der Waals surface area contributed by atoms with Gasteiger partial charge in [0.1, 0.15) is 37.4 Å². The molecule has 3 aliphatic heterocycles. The minimum absolute atomic E-state index is 0.0717. The Labute approximate surface area is 273 Å². The zero-order valence-electron chi connectivity index (χ0n) is 27.0. The van der Waals surface area contributed by atoms with Crippen LogP contribution in [0, 0.1) is 0 Å². The molecule has 14 nitrogen and oxygen atoms in total. The number of benzene rings is 2. The van der Waals surface area contributed by atoms with Gasteiger partial charge in [0.05, 0.1) is 37.3 Å². The Morgan fingerprint density at radius 1 is 0.957 bits per heavy atom. The molecule has 250 valence electrons. The van der Waals surface area contributed by atoms with E-state index in [0.29, 0.717) is 32.9 Å². The summed E-state index contributed by atoms with van der Waals surface area (Å²) < 4.78 is 28.0. The number of rotatable bonds is 11. The van der Waals surface area contributed by atoms with Crippen molar-refractivity contribution < 1.29 is 18.9 Å². The topological polar surface area (TPSA) is 126 Å². The highest BCUT2D eigenvalue weighted by atomic mass is 16.8. The molecule has 4 unspecified atom stereocenters. The minimum atomic E-state index is -0.981. The molecule has 2 aromatic carbocycles.